The molecule has 0 aromatic heterocycles. The molecule has 2 aromatic carbocycles. The maximum atomic E-state index is 12.4. The van der Waals surface area contributed by atoms with Gasteiger partial charge in [0.05, 0.1) is 6.54 Å². The Hall–Kier alpha value is -2.37. The third kappa shape index (κ3) is 4.84. The van der Waals surface area contributed by atoms with E-state index in [1.807, 2.05) is 31.2 Å². The van der Waals surface area contributed by atoms with Crippen LogP contribution < -0.4 is 5.32 Å². The second-order valence-electron chi connectivity index (χ2n) is 6.49. The molecule has 5 nitrogen and oxygen atoms in total. The Morgan fingerprint density at radius 1 is 1.04 bits per heavy atom. The van der Waals surface area contributed by atoms with Gasteiger partial charge in [-0.25, -0.2) is 4.79 Å². The van der Waals surface area contributed by atoms with Crippen molar-refractivity contribution in [3.05, 3.63) is 64.7 Å². The molecule has 1 aliphatic heterocycles. The average molecular weight is 372 g/mol. The first-order chi connectivity index (χ1) is 12.5. The first-order valence-electron chi connectivity index (χ1n) is 8.65. The lowest BCUT2D eigenvalue weighted by Gasteiger charge is -2.34. The number of nitrogens with one attached hydrogen (secondary N) is 1. The summed E-state index contributed by atoms with van der Waals surface area (Å²) in [6, 6.07) is 14.6. The number of carbonyl (C=O) groups is 2. The van der Waals surface area contributed by atoms with Crippen LogP contribution in [0.4, 0.5) is 10.5 Å². The van der Waals surface area contributed by atoms with E-state index in [-0.39, 0.29) is 11.8 Å². The van der Waals surface area contributed by atoms with Crippen LogP contribution in [0.1, 0.15) is 15.9 Å². The van der Waals surface area contributed by atoms with E-state index in [1.54, 1.807) is 29.2 Å². The fourth-order valence-electron chi connectivity index (χ4n) is 2.91. The van der Waals surface area contributed by atoms with Crippen molar-refractivity contribution in [2.75, 3.05) is 38.0 Å². The Bertz CT molecular complexity index is 784. The lowest BCUT2D eigenvalue weighted by atomic mass is 10.1. The van der Waals surface area contributed by atoms with Gasteiger partial charge in [-0.15, -0.1) is 0 Å². The highest BCUT2D eigenvalue weighted by atomic mass is 35.5. The highest BCUT2D eigenvalue weighted by Crippen LogP contribution is 2.16. The molecule has 6 heteroatoms. The molecule has 2 aromatic rings. The zero-order valence-corrected chi connectivity index (χ0v) is 15.5. The van der Waals surface area contributed by atoms with Crippen molar-refractivity contribution in [3.8, 4) is 0 Å². The molecule has 1 aliphatic rings. The van der Waals surface area contributed by atoms with Gasteiger partial charge in [0, 0.05) is 42.5 Å². The lowest BCUT2D eigenvalue weighted by Crippen LogP contribution is -2.51. The number of carbonyl (C=O) groups excluding carboxylic acids is 2. The van der Waals surface area contributed by atoms with E-state index in [1.165, 1.54) is 0 Å². The topological polar surface area (TPSA) is 52.7 Å². The van der Waals surface area contributed by atoms with Crippen LogP contribution in [-0.2, 0) is 0 Å². The monoisotopic (exact) mass is 371 g/mol. The van der Waals surface area contributed by atoms with E-state index >= 15 is 0 Å². The maximum absolute atomic E-state index is 12.4. The number of hydrogen-bond acceptors (Lipinski definition) is 3. The number of benzene rings is 2. The summed E-state index contributed by atoms with van der Waals surface area (Å²) >= 11 is 5.94. The second-order valence-corrected chi connectivity index (χ2v) is 6.93. The zero-order chi connectivity index (χ0) is 18.5. The van der Waals surface area contributed by atoms with Crippen molar-refractivity contribution in [2.24, 2.45) is 0 Å². The van der Waals surface area contributed by atoms with Crippen LogP contribution in [0.25, 0.3) is 0 Å². The Morgan fingerprint density at radius 2 is 1.73 bits per heavy atom. The molecular formula is C20H22ClN3O2. The first-order valence-corrected chi connectivity index (χ1v) is 9.03. The standard InChI is InChI=1S/C20H22ClN3O2/c1-15-5-7-16(8-6-15)19(25)14-23-9-11-24(12-10-23)20(26)22-18-4-2-3-17(21)13-18/h2-8,13H,9-12,14H2,1H3,(H,22,26). The largest absolute Gasteiger partial charge is 0.322 e. The Labute approximate surface area is 158 Å². The fraction of sp³-hybridized carbons (Fsp3) is 0.300. The zero-order valence-electron chi connectivity index (χ0n) is 14.7. The molecule has 0 unspecified atom stereocenters. The number of anilines is 1. The van der Waals surface area contributed by atoms with Crippen molar-refractivity contribution < 1.29 is 9.59 Å². The molecule has 1 N–H and O–H groups in total. The van der Waals surface area contributed by atoms with Crippen molar-refractivity contribution in [1.29, 1.82) is 0 Å². The van der Waals surface area contributed by atoms with Crippen LogP contribution in [0, 0.1) is 6.92 Å². The van der Waals surface area contributed by atoms with Crippen LogP contribution >= 0.6 is 11.6 Å². The first kappa shape index (κ1) is 18.4. The molecule has 0 aliphatic carbocycles. The van der Waals surface area contributed by atoms with Crippen LogP contribution in [0.15, 0.2) is 48.5 Å². The molecule has 3 rings (SSSR count). The van der Waals surface area contributed by atoms with E-state index in [2.05, 4.69) is 10.2 Å². The van der Waals surface area contributed by atoms with Gasteiger partial charge in [-0.2, -0.15) is 0 Å². The number of aryl methyl sites for hydroxylation is 1. The number of amides is 2. The molecule has 1 saturated heterocycles. The van der Waals surface area contributed by atoms with Crippen molar-refractivity contribution in [1.82, 2.24) is 9.80 Å². The summed E-state index contributed by atoms with van der Waals surface area (Å²) in [6.07, 6.45) is 0. The highest BCUT2D eigenvalue weighted by Gasteiger charge is 2.22. The normalized spacial score (nSPS) is 14.9. The molecule has 136 valence electrons. The van der Waals surface area contributed by atoms with E-state index in [9.17, 15) is 9.59 Å². The second kappa shape index (κ2) is 8.34. The van der Waals surface area contributed by atoms with E-state index in [0.29, 0.717) is 43.4 Å². The molecule has 1 fully saturated rings. The molecule has 0 bridgehead atoms. The lowest BCUT2D eigenvalue weighted by molar-refractivity contribution is 0.0884. The molecule has 0 radical (unpaired) electrons. The fourth-order valence-corrected chi connectivity index (χ4v) is 3.10. The maximum Gasteiger partial charge on any atom is 0.321 e. The summed E-state index contributed by atoms with van der Waals surface area (Å²) in [6.45, 7) is 4.93. The van der Waals surface area contributed by atoms with Gasteiger partial charge in [-0.3, -0.25) is 9.69 Å². The van der Waals surface area contributed by atoms with Crippen molar-refractivity contribution >= 4 is 29.1 Å². The van der Waals surface area contributed by atoms with E-state index < -0.39 is 0 Å². The third-order valence-corrected chi connectivity index (χ3v) is 4.71. The number of urea groups is 1. The highest BCUT2D eigenvalue weighted by molar-refractivity contribution is 6.30. The molecule has 26 heavy (non-hydrogen) atoms. The Morgan fingerprint density at radius 3 is 2.38 bits per heavy atom. The number of halogens is 1. The number of Topliss-reactive ketones (excluding diaryl/α,β-unsaturated/α-hetero) is 1. The summed E-state index contributed by atoms with van der Waals surface area (Å²) in [7, 11) is 0. The number of rotatable bonds is 4. The smallest absolute Gasteiger partial charge is 0.321 e. The van der Waals surface area contributed by atoms with Crippen LogP contribution in [0.3, 0.4) is 0 Å². The number of piperazine rings is 1. The SMILES string of the molecule is Cc1ccc(C(=O)CN2CCN(C(=O)Nc3cccc(Cl)c3)CC2)cc1. The van der Waals surface area contributed by atoms with Crippen molar-refractivity contribution in [2.45, 2.75) is 6.92 Å². The molecule has 1 heterocycles. The van der Waals surface area contributed by atoms with Gasteiger partial charge in [-0.05, 0) is 25.1 Å². The summed E-state index contributed by atoms with van der Waals surface area (Å²) < 4.78 is 0. The van der Waals surface area contributed by atoms with Crippen molar-refractivity contribution in [3.63, 3.8) is 0 Å². The van der Waals surface area contributed by atoms with E-state index in [0.717, 1.165) is 11.1 Å². The molecule has 0 spiro atoms. The summed E-state index contributed by atoms with van der Waals surface area (Å²) in [5.41, 5.74) is 2.55. The summed E-state index contributed by atoms with van der Waals surface area (Å²) in [4.78, 5) is 28.6. The molecular weight excluding hydrogens is 350 g/mol. The van der Waals surface area contributed by atoms with Gasteiger partial charge in [0.2, 0.25) is 0 Å². The number of ketones is 1. The Kier molecular flexibility index (Phi) is 5.91. The average Bonchev–Trinajstić information content (AvgIpc) is 2.63. The minimum Gasteiger partial charge on any atom is -0.322 e. The number of nitrogens with zero attached hydrogens (tertiary/aromatic N) is 2. The van der Waals surface area contributed by atoms with Crippen LogP contribution in [0.2, 0.25) is 5.02 Å². The van der Waals surface area contributed by atoms with Gasteiger partial charge >= 0.3 is 6.03 Å². The third-order valence-electron chi connectivity index (χ3n) is 4.48. The minimum absolute atomic E-state index is 0.113. The van der Waals surface area contributed by atoms with Crippen LogP contribution in [0.5, 0.6) is 0 Å². The van der Waals surface area contributed by atoms with Gasteiger partial charge < -0.3 is 10.2 Å². The molecule has 2 amide bonds. The quantitative estimate of drug-likeness (QED) is 0.834. The Balaban J connectivity index is 1.48. The van der Waals surface area contributed by atoms with Gasteiger partial charge in [-0.1, -0.05) is 47.5 Å². The summed E-state index contributed by atoms with van der Waals surface area (Å²) in [5, 5.41) is 3.44. The predicted molar refractivity (Wildman–Crippen MR) is 104 cm³/mol. The molecule has 0 saturated carbocycles. The molecule has 0 atom stereocenters. The predicted octanol–water partition coefficient (Wildman–Crippen LogP) is 3.68. The van der Waals surface area contributed by atoms with Crippen LogP contribution in [-0.4, -0.2) is 54.3 Å². The number of hydrogen-bond donors (Lipinski definition) is 1. The summed E-state index contributed by atoms with van der Waals surface area (Å²) in [5.74, 6) is 0.113. The van der Waals surface area contributed by atoms with Gasteiger partial charge in [0.1, 0.15) is 0 Å². The van der Waals surface area contributed by atoms with E-state index in [4.69, 9.17) is 11.6 Å². The minimum atomic E-state index is -0.142. The van der Waals surface area contributed by atoms with Gasteiger partial charge in [0.25, 0.3) is 0 Å². The van der Waals surface area contributed by atoms with Gasteiger partial charge in [0.15, 0.2) is 5.78 Å².